The summed E-state index contributed by atoms with van der Waals surface area (Å²) in [5.74, 6) is 0.578. The van der Waals surface area contributed by atoms with E-state index in [1.807, 2.05) is 24.8 Å². The highest BCUT2D eigenvalue weighted by Gasteiger charge is 2.24. The summed E-state index contributed by atoms with van der Waals surface area (Å²) >= 11 is 0. The Hall–Kier alpha value is -4.52. The molecule has 1 fully saturated rings. The van der Waals surface area contributed by atoms with E-state index in [9.17, 15) is 0 Å². The van der Waals surface area contributed by atoms with Gasteiger partial charge in [-0.25, -0.2) is 4.98 Å². The second-order valence-corrected chi connectivity index (χ2v) is 9.18. The van der Waals surface area contributed by atoms with Crippen LogP contribution in [0.5, 0.6) is 0 Å². The number of nitrogens with zero attached hydrogens (tertiary/aromatic N) is 4. The maximum atomic E-state index is 4.66. The normalized spacial score (nSPS) is 15.1. The third-order valence-corrected chi connectivity index (χ3v) is 6.73. The molecule has 7 rings (SSSR count). The highest BCUT2D eigenvalue weighted by atomic mass is 15.1. The van der Waals surface area contributed by atoms with Crippen LogP contribution in [0.1, 0.15) is 24.8 Å². The lowest BCUT2D eigenvalue weighted by Crippen LogP contribution is -2.00. The molecule has 0 spiro atoms. The van der Waals surface area contributed by atoms with Crippen molar-refractivity contribution < 1.29 is 0 Å². The van der Waals surface area contributed by atoms with Gasteiger partial charge in [0.1, 0.15) is 11.3 Å². The van der Waals surface area contributed by atoms with Gasteiger partial charge in [0, 0.05) is 34.4 Å². The van der Waals surface area contributed by atoms with Crippen molar-refractivity contribution in [1.29, 1.82) is 0 Å². The largest absolute Gasteiger partial charge is 0.358 e. The number of hydrogen-bond donors (Lipinski definition) is 3. The Kier molecular flexibility index (Phi) is 4.42. The van der Waals surface area contributed by atoms with Gasteiger partial charge >= 0.3 is 0 Å². The summed E-state index contributed by atoms with van der Waals surface area (Å²) in [4.78, 5) is 17.1. The molecular formula is C28H23N7. The minimum absolute atomic E-state index is 0.578. The number of allylic oxidation sites excluding steroid dienone is 5. The Labute approximate surface area is 201 Å². The Morgan fingerprint density at radius 1 is 1.06 bits per heavy atom. The summed E-state index contributed by atoms with van der Waals surface area (Å²) < 4.78 is 0. The lowest BCUT2D eigenvalue weighted by atomic mass is 10.0. The number of H-pyrrole nitrogens is 2. The van der Waals surface area contributed by atoms with Crippen molar-refractivity contribution in [3.8, 4) is 22.6 Å². The molecule has 5 aromatic heterocycles. The zero-order chi connectivity index (χ0) is 23.4. The monoisotopic (exact) mass is 457 g/mol. The van der Waals surface area contributed by atoms with Gasteiger partial charge in [0.05, 0.1) is 35.0 Å². The standard InChI is InChI=1S/C28H23N7/c1-16(17-6-7-17)32-20-10-19(13-29-14-20)24-12-23-26(15-31-24)34-35-27(23)25-11-22-21(18-4-2-3-5-18)8-9-30-28(22)33-25/h2,4-5,8-15,17,32H,1,3,6-7H2,(H,30,33)(H,34,35). The SMILES string of the molecule is C=C(Nc1cncc(-c2cc3c(-c4cc5c(C6=CCC=C6)ccnc5[nH]4)n[nH]c3cn2)c1)C1CC1. The average Bonchev–Trinajstić information content (AvgIpc) is 3.26. The molecule has 3 N–H and O–H groups in total. The summed E-state index contributed by atoms with van der Waals surface area (Å²) in [7, 11) is 0. The van der Waals surface area contributed by atoms with Gasteiger partial charge in [-0.3, -0.25) is 15.1 Å². The molecule has 7 nitrogen and oxygen atoms in total. The van der Waals surface area contributed by atoms with Crippen LogP contribution < -0.4 is 5.32 Å². The number of hydrogen-bond acceptors (Lipinski definition) is 5. The number of fused-ring (bicyclic) bond motifs is 2. The fraction of sp³-hybridized carbons (Fsp3) is 0.143. The molecule has 2 aliphatic carbocycles. The van der Waals surface area contributed by atoms with Crippen molar-refractivity contribution in [2.75, 3.05) is 5.32 Å². The molecule has 0 atom stereocenters. The first-order valence-corrected chi connectivity index (χ1v) is 11.8. The van der Waals surface area contributed by atoms with Gasteiger partial charge in [-0.2, -0.15) is 5.10 Å². The second-order valence-electron chi connectivity index (χ2n) is 9.18. The topological polar surface area (TPSA) is 95.2 Å². The van der Waals surface area contributed by atoms with Crippen LogP contribution >= 0.6 is 0 Å². The molecule has 1 saturated carbocycles. The molecule has 5 aromatic rings. The van der Waals surface area contributed by atoms with E-state index in [0.29, 0.717) is 5.92 Å². The predicted octanol–water partition coefficient (Wildman–Crippen LogP) is 6.24. The molecular weight excluding hydrogens is 434 g/mol. The number of rotatable bonds is 6. The van der Waals surface area contributed by atoms with Crippen molar-refractivity contribution in [2.24, 2.45) is 5.92 Å². The minimum atomic E-state index is 0.578. The maximum absolute atomic E-state index is 4.66. The third kappa shape index (κ3) is 3.52. The van der Waals surface area contributed by atoms with Crippen molar-refractivity contribution in [1.82, 2.24) is 30.1 Å². The molecule has 2 aliphatic rings. The molecule has 0 amide bonds. The Bertz CT molecular complexity index is 1680. The Morgan fingerprint density at radius 2 is 2.00 bits per heavy atom. The highest BCUT2D eigenvalue weighted by molar-refractivity contribution is 6.00. The van der Waals surface area contributed by atoms with Crippen molar-refractivity contribution in [3.63, 3.8) is 0 Å². The summed E-state index contributed by atoms with van der Waals surface area (Å²) in [6, 6.07) is 8.33. The quantitative estimate of drug-likeness (QED) is 0.280. The summed E-state index contributed by atoms with van der Waals surface area (Å²) in [5, 5.41) is 13.2. The predicted molar refractivity (Wildman–Crippen MR) is 139 cm³/mol. The van der Waals surface area contributed by atoms with Gasteiger partial charge in [-0.05, 0) is 60.6 Å². The molecule has 35 heavy (non-hydrogen) atoms. The average molecular weight is 458 g/mol. The van der Waals surface area contributed by atoms with E-state index in [2.05, 4.69) is 84.5 Å². The van der Waals surface area contributed by atoms with E-state index in [-0.39, 0.29) is 0 Å². The first-order valence-electron chi connectivity index (χ1n) is 11.8. The molecule has 170 valence electrons. The fourth-order valence-electron chi connectivity index (χ4n) is 4.71. The number of aromatic nitrogens is 6. The van der Waals surface area contributed by atoms with E-state index in [4.69, 9.17) is 0 Å². The minimum Gasteiger partial charge on any atom is -0.358 e. The maximum Gasteiger partial charge on any atom is 0.138 e. The smallest absolute Gasteiger partial charge is 0.138 e. The van der Waals surface area contributed by atoms with Crippen LogP contribution in [0.15, 0.2) is 79.6 Å². The van der Waals surface area contributed by atoms with Gasteiger partial charge in [-0.1, -0.05) is 24.8 Å². The Morgan fingerprint density at radius 3 is 2.86 bits per heavy atom. The zero-order valence-corrected chi connectivity index (χ0v) is 19.0. The first kappa shape index (κ1) is 19.9. The molecule has 0 saturated heterocycles. The third-order valence-electron chi connectivity index (χ3n) is 6.73. The number of pyridine rings is 3. The van der Waals surface area contributed by atoms with Gasteiger partial charge in [-0.15, -0.1) is 0 Å². The van der Waals surface area contributed by atoms with E-state index >= 15 is 0 Å². The van der Waals surface area contributed by atoms with Crippen LogP contribution in [0.25, 0.3) is 50.2 Å². The van der Waals surface area contributed by atoms with Gasteiger partial charge in [0.25, 0.3) is 0 Å². The van der Waals surface area contributed by atoms with E-state index in [1.54, 1.807) is 0 Å². The van der Waals surface area contributed by atoms with Crippen LogP contribution in [0, 0.1) is 5.92 Å². The van der Waals surface area contributed by atoms with Crippen LogP contribution in [0.2, 0.25) is 0 Å². The van der Waals surface area contributed by atoms with Gasteiger partial charge in [0.2, 0.25) is 0 Å². The van der Waals surface area contributed by atoms with E-state index in [1.165, 1.54) is 24.0 Å². The first-order chi connectivity index (χ1) is 17.2. The highest BCUT2D eigenvalue weighted by Crippen LogP contribution is 2.37. The Balaban J connectivity index is 1.28. The van der Waals surface area contributed by atoms with Gasteiger partial charge < -0.3 is 10.3 Å². The van der Waals surface area contributed by atoms with Crippen molar-refractivity contribution in [2.45, 2.75) is 19.3 Å². The fourth-order valence-corrected chi connectivity index (χ4v) is 4.71. The number of aromatic amines is 2. The zero-order valence-electron chi connectivity index (χ0n) is 19.0. The lowest BCUT2D eigenvalue weighted by Gasteiger charge is -2.09. The van der Waals surface area contributed by atoms with Crippen LogP contribution in [-0.4, -0.2) is 30.1 Å². The van der Waals surface area contributed by atoms with Crippen LogP contribution in [-0.2, 0) is 0 Å². The van der Waals surface area contributed by atoms with Crippen molar-refractivity contribution in [3.05, 3.63) is 85.1 Å². The van der Waals surface area contributed by atoms with Crippen LogP contribution in [0.4, 0.5) is 5.69 Å². The summed E-state index contributed by atoms with van der Waals surface area (Å²) in [6.07, 6.45) is 17.3. The lowest BCUT2D eigenvalue weighted by molar-refractivity contribution is 1.02. The molecule has 5 heterocycles. The summed E-state index contributed by atoms with van der Waals surface area (Å²) in [5.41, 5.74) is 9.65. The number of nitrogens with one attached hydrogen (secondary N) is 3. The molecule has 0 aliphatic heterocycles. The van der Waals surface area contributed by atoms with Crippen LogP contribution in [0.3, 0.4) is 0 Å². The van der Waals surface area contributed by atoms with E-state index in [0.717, 1.165) is 62.4 Å². The molecule has 0 unspecified atom stereocenters. The number of anilines is 1. The second kappa shape index (κ2) is 7.77. The van der Waals surface area contributed by atoms with Gasteiger partial charge in [0.15, 0.2) is 0 Å². The molecule has 0 bridgehead atoms. The van der Waals surface area contributed by atoms with Crippen molar-refractivity contribution >= 4 is 33.2 Å². The summed E-state index contributed by atoms with van der Waals surface area (Å²) in [6.45, 7) is 4.16. The van der Waals surface area contributed by atoms with E-state index < -0.39 is 0 Å². The molecule has 0 aromatic carbocycles. The molecule has 7 heteroatoms. The molecule has 0 radical (unpaired) electrons.